The maximum absolute atomic E-state index is 3.88. The quantitative estimate of drug-likeness (QED) is 0.891. The molecule has 3 rings (SSSR count). The first kappa shape index (κ1) is 15.0. The van der Waals surface area contributed by atoms with Crippen LogP contribution in [0.1, 0.15) is 49.8 Å². The van der Waals surface area contributed by atoms with E-state index in [-0.39, 0.29) is 0 Å². The lowest BCUT2D eigenvalue weighted by Crippen LogP contribution is -2.43. The van der Waals surface area contributed by atoms with Crippen LogP contribution < -0.4 is 10.6 Å². The first-order chi connectivity index (χ1) is 10.3. The van der Waals surface area contributed by atoms with E-state index in [1.54, 1.807) is 0 Å². The topological polar surface area (TPSA) is 27.3 Å². The number of benzene rings is 1. The van der Waals surface area contributed by atoms with Crippen LogP contribution in [0.2, 0.25) is 0 Å². The molecule has 2 heterocycles. The normalized spacial score (nSPS) is 25.1. The molecule has 2 aliphatic rings. The molecule has 0 aromatic heterocycles. The van der Waals surface area contributed by atoms with Crippen LogP contribution in [0.3, 0.4) is 0 Å². The summed E-state index contributed by atoms with van der Waals surface area (Å²) < 4.78 is 0. The van der Waals surface area contributed by atoms with Crippen LogP contribution in [0, 0.1) is 0 Å². The van der Waals surface area contributed by atoms with Crippen LogP contribution in [0.5, 0.6) is 0 Å². The van der Waals surface area contributed by atoms with Gasteiger partial charge in [0.05, 0.1) is 0 Å². The van der Waals surface area contributed by atoms with Gasteiger partial charge in [0.1, 0.15) is 0 Å². The second-order valence-electron chi connectivity index (χ2n) is 6.65. The van der Waals surface area contributed by atoms with Gasteiger partial charge in [-0.1, -0.05) is 30.7 Å². The highest BCUT2D eigenvalue weighted by molar-refractivity contribution is 5.31. The van der Waals surface area contributed by atoms with Gasteiger partial charge in [-0.25, -0.2) is 0 Å². The number of nitrogens with one attached hydrogen (secondary N) is 2. The number of nitrogens with zero attached hydrogens (tertiary/aromatic N) is 1. The van der Waals surface area contributed by atoms with Gasteiger partial charge in [-0.3, -0.25) is 0 Å². The van der Waals surface area contributed by atoms with Gasteiger partial charge in [0, 0.05) is 25.2 Å². The van der Waals surface area contributed by atoms with Crippen LogP contribution in [-0.4, -0.2) is 37.1 Å². The molecule has 1 fully saturated rings. The summed E-state index contributed by atoms with van der Waals surface area (Å²) in [6.07, 6.45) is 5.35. The SMILES string of the molecule is CC(CN1CCCCC1)NC1CCNCc2ccccc21. The molecular formula is C18H29N3. The van der Waals surface area contributed by atoms with Crippen molar-refractivity contribution in [3.63, 3.8) is 0 Å². The fourth-order valence-electron chi connectivity index (χ4n) is 3.76. The summed E-state index contributed by atoms with van der Waals surface area (Å²) in [5, 5.41) is 7.42. The van der Waals surface area contributed by atoms with Crippen molar-refractivity contribution in [2.45, 2.75) is 51.2 Å². The van der Waals surface area contributed by atoms with E-state index in [2.05, 4.69) is 46.7 Å². The fourth-order valence-corrected chi connectivity index (χ4v) is 3.76. The highest BCUT2D eigenvalue weighted by Gasteiger charge is 2.21. The lowest BCUT2D eigenvalue weighted by molar-refractivity contribution is 0.203. The fraction of sp³-hybridized carbons (Fsp3) is 0.667. The molecule has 2 atom stereocenters. The smallest absolute Gasteiger partial charge is 0.0338 e. The number of likely N-dealkylation sites (tertiary alicyclic amines) is 1. The summed E-state index contributed by atoms with van der Waals surface area (Å²) in [4.78, 5) is 2.63. The number of piperidine rings is 1. The van der Waals surface area contributed by atoms with Crippen LogP contribution >= 0.6 is 0 Å². The summed E-state index contributed by atoms with van der Waals surface area (Å²) in [5.41, 5.74) is 2.95. The monoisotopic (exact) mass is 287 g/mol. The van der Waals surface area contributed by atoms with Gasteiger partial charge in [0.25, 0.3) is 0 Å². The first-order valence-electron chi connectivity index (χ1n) is 8.60. The van der Waals surface area contributed by atoms with Gasteiger partial charge in [-0.2, -0.15) is 0 Å². The third kappa shape index (κ3) is 4.06. The zero-order valence-electron chi connectivity index (χ0n) is 13.3. The van der Waals surface area contributed by atoms with E-state index >= 15 is 0 Å². The lowest BCUT2D eigenvalue weighted by Gasteiger charge is -2.31. The van der Waals surface area contributed by atoms with Crippen molar-refractivity contribution in [3.8, 4) is 0 Å². The molecule has 3 heteroatoms. The van der Waals surface area contributed by atoms with Crippen molar-refractivity contribution in [2.24, 2.45) is 0 Å². The lowest BCUT2D eigenvalue weighted by atomic mass is 9.98. The molecule has 3 nitrogen and oxygen atoms in total. The van der Waals surface area contributed by atoms with Crippen LogP contribution in [0.15, 0.2) is 24.3 Å². The minimum atomic E-state index is 0.496. The second kappa shape index (κ2) is 7.39. The maximum atomic E-state index is 3.88. The zero-order chi connectivity index (χ0) is 14.5. The van der Waals surface area contributed by atoms with Gasteiger partial charge < -0.3 is 15.5 Å². The molecule has 2 unspecified atom stereocenters. The molecule has 0 spiro atoms. The van der Waals surface area contributed by atoms with E-state index in [0.717, 1.165) is 13.1 Å². The average molecular weight is 287 g/mol. The molecule has 0 amide bonds. The molecule has 1 aromatic carbocycles. The second-order valence-corrected chi connectivity index (χ2v) is 6.65. The molecule has 0 bridgehead atoms. The van der Waals surface area contributed by atoms with Crippen molar-refractivity contribution < 1.29 is 0 Å². The Morgan fingerprint density at radius 3 is 2.90 bits per heavy atom. The zero-order valence-corrected chi connectivity index (χ0v) is 13.3. The van der Waals surface area contributed by atoms with Gasteiger partial charge in [0.15, 0.2) is 0 Å². The standard InChI is InChI=1S/C18H29N3/c1-15(14-21-11-5-2-6-12-21)20-18-9-10-19-13-16-7-3-4-8-17(16)18/h3-4,7-8,15,18-20H,2,5-6,9-14H2,1H3. The minimum Gasteiger partial charge on any atom is -0.313 e. The van der Waals surface area contributed by atoms with Gasteiger partial charge in [0.2, 0.25) is 0 Å². The molecule has 116 valence electrons. The molecule has 0 saturated carbocycles. The van der Waals surface area contributed by atoms with Gasteiger partial charge in [-0.15, -0.1) is 0 Å². The molecule has 1 aromatic rings. The Morgan fingerprint density at radius 2 is 2.05 bits per heavy atom. The van der Waals surface area contributed by atoms with Gasteiger partial charge >= 0.3 is 0 Å². The van der Waals surface area contributed by atoms with Crippen molar-refractivity contribution in [1.29, 1.82) is 0 Å². The van der Waals surface area contributed by atoms with E-state index in [9.17, 15) is 0 Å². The molecule has 21 heavy (non-hydrogen) atoms. The largest absolute Gasteiger partial charge is 0.313 e. The molecular weight excluding hydrogens is 258 g/mol. The van der Waals surface area contributed by atoms with Crippen molar-refractivity contribution in [2.75, 3.05) is 26.2 Å². The molecule has 0 aliphatic carbocycles. The van der Waals surface area contributed by atoms with Crippen LogP contribution in [0.4, 0.5) is 0 Å². The Morgan fingerprint density at radius 1 is 1.24 bits per heavy atom. The van der Waals surface area contributed by atoms with E-state index in [4.69, 9.17) is 0 Å². The Hall–Kier alpha value is -0.900. The van der Waals surface area contributed by atoms with Gasteiger partial charge in [-0.05, 0) is 56.9 Å². The highest BCUT2D eigenvalue weighted by atomic mass is 15.2. The Kier molecular flexibility index (Phi) is 5.28. The van der Waals surface area contributed by atoms with Crippen molar-refractivity contribution >= 4 is 0 Å². The number of hydrogen-bond acceptors (Lipinski definition) is 3. The minimum absolute atomic E-state index is 0.496. The number of fused-ring (bicyclic) bond motifs is 1. The third-order valence-corrected chi connectivity index (χ3v) is 4.82. The van der Waals surface area contributed by atoms with Crippen molar-refractivity contribution in [1.82, 2.24) is 15.5 Å². The predicted molar refractivity (Wildman–Crippen MR) is 88.4 cm³/mol. The van der Waals surface area contributed by atoms with Crippen molar-refractivity contribution in [3.05, 3.63) is 35.4 Å². The summed E-state index contributed by atoms with van der Waals surface area (Å²) >= 11 is 0. The summed E-state index contributed by atoms with van der Waals surface area (Å²) in [6.45, 7) is 8.21. The number of hydrogen-bond donors (Lipinski definition) is 2. The summed E-state index contributed by atoms with van der Waals surface area (Å²) in [7, 11) is 0. The molecule has 2 N–H and O–H groups in total. The van der Waals surface area contributed by atoms with Crippen LogP contribution in [0.25, 0.3) is 0 Å². The van der Waals surface area contributed by atoms with E-state index < -0.39 is 0 Å². The third-order valence-electron chi connectivity index (χ3n) is 4.82. The molecule has 0 radical (unpaired) electrons. The molecule has 2 aliphatic heterocycles. The Labute approximate surface area is 129 Å². The number of rotatable bonds is 4. The summed E-state index contributed by atoms with van der Waals surface area (Å²) in [5.74, 6) is 0. The Bertz CT molecular complexity index is 440. The maximum Gasteiger partial charge on any atom is 0.0338 e. The average Bonchev–Trinajstić information content (AvgIpc) is 2.71. The predicted octanol–water partition coefficient (Wildman–Crippen LogP) is 2.69. The van der Waals surface area contributed by atoms with E-state index in [1.807, 2.05) is 0 Å². The van der Waals surface area contributed by atoms with E-state index in [1.165, 1.54) is 56.4 Å². The highest BCUT2D eigenvalue weighted by Crippen LogP contribution is 2.24. The van der Waals surface area contributed by atoms with E-state index in [0.29, 0.717) is 12.1 Å². The first-order valence-corrected chi connectivity index (χ1v) is 8.60. The Balaban J connectivity index is 1.60. The molecule has 1 saturated heterocycles. The van der Waals surface area contributed by atoms with Crippen LogP contribution in [-0.2, 0) is 6.54 Å². The summed E-state index contributed by atoms with van der Waals surface area (Å²) in [6, 6.07) is 9.94.